The zero-order valence-electron chi connectivity index (χ0n) is 14.5. The van der Waals surface area contributed by atoms with Crippen LogP contribution in [0, 0.1) is 0 Å². The molecule has 1 aromatic heterocycles. The predicted molar refractivity (Wildman–Crippen MR) is 98.9 cm³/mol. The van der Waals surface area contributed by atoms with Crippen LogP contribution in [0.5, 0.6) is 5.75 Å². The predicted octanol–water partition coefficient (Wildman–Crippen LogP) is 2.95. The van der Waals surface area contributed by atoms with Crippen molar-refractivity contribution in [1.82, 2.24) is 14.7 Å². The van der Waals surface area contributed by atoms with Gasteiger partial charge in [0.15, 0.2) is 0 Å². The molecule has 0 atom stereocenters. The minimum Gasteiger partial charge on any atom is -0.492 e. The maximum Gasteiger partial charge on any atom is 0.120 e. The van der Waals surface area contributed by atoms with Gasteiger partial charge in [0.05, 0.1) is 18.9 Å². The molecule has 3 aromatic rings. The molecule has 1 aliphatic heterocycles. The summed E-state index contributed by atoms with van der Waals surface area (Å²) in [6.45, 7) is 5.30. The molecule has 0 aliphatic carbocycles. The Hall–Kier alpha value is -2.37. The van der Waals surface area contributed by atoms with E-state index in [0.717, 1.165) is 44.3 Å². The number of benzene rings is 2. The maximum atomic E-state index is 5.94. The molecule has 0 spiro atoms. The van der Waals surface area contributed by atoms with E-state index < -0.39 is 0 Å². The van der Waals surface area contributed by atoms with Crippen LogP contribution < -0.4 is 4.74 Å². The van der Waals surface area contributed by atoms with Crippen molar-refractivity contribution in [2.75, 3.05) is 39.5 Å². The van der Waals surface area contributed by atoms with Crippen molar-refractivity contribution in [1.29, 1.82) is 0 Å². The summed E-state index contributed by atoms with van der Waals surface area (Å²) in [4.78, 5) is 2.38. The van der Waals surface area contributed by atoms with Crippen molar-refractivity contribution in [2.45, 2.75) is 0 Å². The molecule has 1 fully saturated rings. The molecule has 4 rings (SSSR count). The van der Waals surface area contributed by atoms with Gasteiger partial charge >= 0.3 is 0 Å². The van der Waals surface area contributed by atoms with Gasteiger partial charge in [0.2, 0.25) is 0 Å². The van der Waals surface area contributed by atoms with E-state index in [-0.39, 0.29) is 0 Å². The lowest BCUT2D eigenvalue weighted by Gasteiger charge is -2.26. The number of hydrogen-bond acceptors (Lipinski definition) is 4. The Balaban J connectivity index is 1.44. The fourth-order valence-electron chi connectivity index (χ4n) is 3.25. The molecule has 0 amide bonds. The normalized spacial score (nSPS) is 15.6. The van der Waals surface area contributed by atoms with E-state index in [1.165, 1.54) is 16.3 Å². The van der Waals surface area contributed by atoms with Gasteiger partial charge in [0.1, 0.15) is 12.4 Å². The third-order valence-electron chi connectivity index (χ3n) is 4.71. The molecule has 0 bridgehead atoms. The standard InChI is InChI=1S/C20H23N3O2/c1-22-20(6-7-21-22)18-3-2-17-15-19(5-4-16(17)14-18)25-13-10-23-8-11-24-12-9-23/h2-7,14-15H,8-13H2,1H3. The molecular weight excluding hydrogens is 314 g/mol. The summed E-state index contributed by atoms with van der Waals surface area (Å²) >= 11 is 0. The van der Waals surface area contributed by atoms with Gasteiger partial charge in [-0.3, -0.25) is 9.58 Å². The number of morpholine rings is 1. The minimum absolute atomic E-state index is 0.707. The van der Waals surface area contributed by atoms with Crippen LogP contribution in [0.25, 0.3) is 22.0 Å². The van der Waals surface area contributed by atoms with Gasteiger partial charge in [0, 0.05) is 38.4 Å². The molecule has 1 saturated heterocycles. The first kappa shape index (κ1) is 16.1. The van der Waals surface area contributed by atoms with Crippen LogP contribution in [0.4, 0.5) is 0 Å². The van der Waals surface area contributed by atoms with Gasteiger partial charge in [-0.2, -0.15) is 5.10 Å². The largest absolute Gasteiger partial charge is 0.492 e. The van der Waals surface area contributed by atoms with Gasteiger partial charge in [0.25, 0.3) is 0 Å². The Morgan fingerprint density at radius 2 is 1.84 bits per heavy atom. The van der Waals surface area contributed by atoms with Crippen molar-refractivity contribution in [3.63, 3.8) is 0 Å². The molecule has 5 nitrogen and oxygen atoms in total. The summed E-state index contributed by atoms with van der Waals surface area (Å²) in [5.74, 6) is 0.925. The van der Waals surface area contributed by atoms with Crippen molar-refractivity contribution in [3.8, 4) is 17.0 Å². The van der Waals surface area contributed by atoms with Gasteiger partial charge in [-0.1, -0.05) is 18.2 Å². The zero-order valence-corrected chi connectivity index (χ0v) is 14.5. The second kappa shape index (κ2) is 7.25. The topological polar surface area (TPSA) is 39.5 Å². The van der Waals surface area contributed by atoms with E-state index in [4.69, 9.17) is 9.47 Å². The second-order valence-electron chi connectivity index (χ2n) is 6.37. The molecule has 25 heavy (non-hydrogen) atoms. The average Bonchev–Trinajstić information content (AvgIpc) is 3.08. The average molecular weight is 337 g/mol. The van der Waals surface area contributed by atoms with Gasteiger partial charge < -0.3 is 9.47 Å². The van der Waals surface area contributed by atoms with Crippen molar-refractivity contribution < 1.29 is 9.47 Å². The van der Waals surface area contributed by atoms with Crippen LogP contribution in [0.2, 0.25) is 0 Å². The van der Waals surface area contributed by atoms with E-state index in [1.54, 1.807) is 0 Å². The number of aryl methyl sites for hydroxylation is 1. The van der Waals surface area contributed by atoms with Crippen molar-refractivity contribution in [2.24, 2.45) is 7.05 Å². The lowest BCUT2D eigenvalue weighted by atomic mass is 10.0. The van der Waals surface area contributed by atoms with Crippen LogP contribution in [0.3, 0.4) is 0 Å². The number of fused-ring (bicyclic) bond motifs is 1. The van der Waals surface area contributed by atoms with E-state index in [2.05, 4.69) is 46.4 Å². The van der Waals surface area contributed by atoms with E-state index in [9.17, 15) is 0 Å². The quantitative estimate of drug-likeness (QED) is 0.718. The Labute approximate surface area is 147 Å². The highest BCUT2D eigenvalue weighted by molar-refractivity contribution is 5.87. The number of rotatable bonds is 5. The molecule has 1 aliphatic rings. The summed E-state index contributed by atoms with van der Waals surface area (Å²) in [6.07, 6.45) is 1.82. The molecule has 2 aromatic carbocycles. The first-order valence-corrected chi connectivity index (χ1v) is 8.75. The molecule has 130 valence electrons. The Kier molecular flexibility index (Phi) is 4.68. The monoisotopic (exact) mass is 337 g/mol. The molecular formula is C20H23N3O2. The smallest absolute Gasteiger partial charge is 0.120 e. The Bertz CT molecular complexity index is 853. The third kappa shape index (κ3) is 3.67. The SMILES string of the molecule is Cn1nccc1-c1ccc2cc(OCCN3CCOCC3)ccc2c1. The number of ether oxygens (including phenoxy) is 2. The molecule has 0 unspecified atom stereocenters. The molecule has 2 heterocycles. The number of nitrogens with zero attached hydrogens (tertiary/aromatic N) is 3. The Morgan fingerprint density at radius 1 is 1.04 bits per heavy atom. The molecule has 0 radical (unpaired) electrons. The number of hydrogen-bond donors (Lipinski definition) is 0. The molecule has 0 saturated carbocycles. The lowest BCUT2D eigenvalue weighted by molar-refractivity contribution is 0.0322. The maximum absolute atomic E-state index is 5.94. The van der Waals surface area contributed by atoms with Crippen LogP contribution in [-0.4, -0.2) is 54.1 Å². The first-order chi connectivity index (χ1) is 12.3. The van der Waals surface area contributed by atoms with Gasteiger partial charge in [-0.05, 0) is 35.0 Å². The first-order valence-electron chi connectivity index (χ1n) is 8.75. The lowest BCUT2D eigenvalue weighted by Crippen LogP contribution is -2.38. The fourth-order valence-corrected chi connectivity index (χ4v) is 3.25. The fraction of sp³-hybridized carbons (Fsp3) is 0.350. The minimum atomic E-state index is 0.707. The van der Waals surface area contributed by atoms with Crippen molar-refractivity contribution >= 4 is 10.8 Å². The highest BCUT2D eigenvalue weighted by Crippen LogP contribution is 2.26. The van der Waals surface area contributed by atoms with Gasteiger partial charge in [-0.15, -0.1) is 0 Å². The summed E-state index contributed by atoms with van der Waals surface area (Å²) in [5, 5.41) is 6.64. The van der Waals surface area contributed by atoms with Gasteiger partial charge in [-0.25, -0.2) is 0 Å². The van der Waals surface area contributed by atoms with E-state index in [1.807, 2.05) is 24.0 Å². The summed E-state index contributed by atoms with van der Waals surface area (Å²) in [6, 6.07) is 14.8. The highest BCUT2D eigenvalue weighted by atomic mass is 16.5. The highest BCUT2D eigenvalue weighted by Gasteiger charge is 2.10. The van der Waals surface area contributed by atoms with Crippen LogP contribution >= 0.6 is 0 Å². The van der Waals surface area contributed by atoms with Crippen molar-refractivity contribution in [3.05, 3.63) is 48.7 Å². The third-order valence-corrected chi connectivity index (χ3v) is 4.71. The van der Waals surface area contributed by atoms with Crippen LogP contribution in [0.1, 0.15) is 0 Å². The van der Waals surface area contributed by atoms with Crippen LogP contribution in [0.15, 0.2) is 48.7 Å². The summed E-state index contributed by atoms with van der Waals surface area (Å²) in [7, 11) is 1.96. The molecule has 5 heteroatoms. The van der Waals surface area contributed by atoms with E-state index >= 15 is 0 Å². The Morgan fingerprint density at radius 3 is 2.64 bits per heavy atom. The zero-order chi connectivity index (χ0) is 17.1. The van der Waals surface area contributed by atoms with Crippen LogP contribution in [-0.2, 0) is 11.8 Å². The van der Waals surface area contributed by atoms with E-state index in [0.29, 0.717) is 6.61 Å². The second-order valence-corrected chi connectivity index (χ2v) is 6.37. The summed E-state index contributed by atoms with van der Waals surface area (Å²) < 4.78 is 13.2. The number of aromatic nitrogens is 2. The summed E-state index contributed by atoms with van der Waals surface area (Å²) in [5.41, 5.74) is 2.29. The molecule has 0 N–H and O–H groups in total.